The molecule has 0 aliphatic carbocycles. The number of carbonyl (C=O) groups excluding carboxylic acids is 1. The molecule has 0 radical (unpaired) electrons. The number of hydrogen-bond acceptors (Lipinski definition) is 4. The molecule has 156 valence electrons. The van der Waals surface area contributed by atoms with Crippen molar-refractivity contribution in [1.82, 2.24) is 0 Å². The van der Waals surface area contributed by atoms with Crippen LogP contribution in [0, 0.1) is 5.82 Å². The minimum Gasteiger partial charge on any atom is -0.493 e. The number of hydrazone groups is 1. The van der Waals surface area contributed by atoms with Gasteiger partial charge in [-0.25, -0.2) is 4.39 Å². The van der Waals surface area contributed by atoms with Crippen molar-refractivity contribution in [2.24, 2.45) is 5.10 Å². The molecule has 0 unspecified atom stereocenters. The van der Waals surface area contributed by atoms with Crippen LogP contribution in [0.25, 0.3) is 6.08 Å². The summed E-state index contributed by atoms with van der Waals surface area (Å²) < 4.78 is 25.1. The topological polar surface area (TPSA) is 51.1 Å². The third-order valence-electron chi connectivity index (χ3n) is 4.90. The van der Waals surface area contributed by atoms with Crippen molar-refractivity contribution in [3.8, 4) is 11.5 Å². The molecule has 31 heavy (non-hydrogen) atoms. The molecule has 0 aromatic heterocycles. The average molecular weight is 416 g/mol. The summed E-state index contributed by atoms with van der Waals surface area (Å²) in [6, 6.07) is 21.1. The number of ether oxygens (including phenoxy) is 2. The van der Waals surface area contributed by atoms with Gasteiger partial charge in [-0.05, 0) is 48.9 Å². The molecule has 3 aromatic rings. The van der Waals surface area contributed by atoms with Crippen LogP contribution in [0.15, 0.2) is 83.5 Å². The zero-order chi connectivity index (χ0) is 21.8. The normalized spacial score (nSPS) is 14.7. The number of para-hydroxylation sites is 1. The lowest BCUT2D eigenvalue weighted by atomic mass is 10.1. The molecule has 0 N–H and O–H groups in total. The van der Waals surface area contributed by atoms with Crippen molar-refractivity contribution in [3.05, 3.63) is 95.3 Å². The maximum absolute atomic E-state index is 13.9. The Balaban J connectivity index is 1.59. The lowest BCUT2D eigenvalue weighted by Gasteiger charge is -2.13. The molecule has 1 amide bonds. The molecule has 3 aromatic carbocycles. The minimum absolute atomic E-state index is 0.0598. The molecule has 4 rings (SSSR count). The molecule has 1 aliphatic rings. The van der Waals surface area contributed by atoms with Crippen LogP contribution in [-0.4, -0.2) is 18.7 Å². The highest BCUT2D eigenvalue weighted by Crippen LogP contribution is 2.31. The Morgan fingerprint density at radius 1 is 1.00 bits per heavy atom. The summed E-state index contributed by atoms with van der Waals surface area (Å²) >= 11 is 0. The monoisotopic (exact) mass is 416 g/mol. The Labute approximate surface area is 180 Å². The predicted octanol–water partition coefficient (Wildman–Crippen LogP) is 5.22. The maximum Gasteiger partial charge on any atom is 0.280 e. The molecule has 0 bridgehead atoms. The molecule has 0 spiro atoms. The summed E-state index contributed by atoms with van der Waals surface area (Å²) in [7, 11) is 1.54. The summed E-state index contributed by atoms with van der Waals surface area (Å²) in [5, 5.41) is 5.78. The van der Waals surface area contributed by atoms with E-state index < -0.39 is 0 Å². The Morgan fingerprint density at radius 3 is 2.48 bits per heavy atom. The third-order valence-corrected chi connectivity index (χ3v) is 4.90. The third kappa shape index (κ3) is 4.33. The molecule has 0 atom stereocenters. The average Bonchev–Trinajstić information content (AvgIpc) is 3.07. The summed E-state index contributed by atoms with van der Waals surface area (Å²) in [6.45, 7) is 1.86. The highest BCUT2D eigenvalue weighted by atomic mass is 19.1. The van der Waals surface area contributed by atoms with E-state index in [9.17, 15) is 9.18 Å². The smallest absolute Gasteiger partial charge is 0.280 e. The summed E-state index contributed by atoms with van der Waals surface area (Å²) in [5.41, 5.74) is 3.02. The Morgan fingerprint density at radius 2 is 1.74 bits per heavy atom. The van der Waals surface area contributed by atoms with Gasteiger partial charge in [0.15, 0.2) is 11.5 Å². The van der Waals surface area contributed by atoms with Crippen molar-refractivity contribution in [2.75, 3.05) is 12.1 Å². The van der Waals surface area contributed by atoms with Crippen molar-refractivity contribution in [1.29, 1.82) is 0 Å². The van der Waals surface area contributed by atoms with Gasteiger partial charge < -0.3 is 9.47 Å². The lowest BCUT2D eigenvalue weighted by molar-refractivity contribution is -0.114. The maximum atomic E-state index is 13.9. The van der Waals surface area contributed by atoms with Gasteiger partial charge >= 0.3 is 0 Å². The van der Waals surface area contributed by atoms with Crippen molar-refractivity contribution in [3.63, 3.8) is 0 Å². The van der Waals surface area contributed by atoms with Gasteiger partial charge in [-0.2, -0.15) is 10.1 Å². The zero-order valence-electron chi connectivity index (χ0n) is 17.2. The number of methoxy groups -OCH3 is 1. The van der Waals surface area contributed by atoms with Gasteiger partial charge in [-0.3, -0.25) is 4.79 Å². The van der Waals surface area contributed by atoms with Crippen LogP contribution in [-0.2, 0) is 11.4 Å². The number of benzene rings is 3. The Kier molecular flexibility index (Phi) is 5.80. The number of rotatable bonds is 6. The highest BCUT2D eigenvalue weighted by Gasteiger charge is 2.28. The van der Waals surface area contributed by atoms with Crippen LogP contribution in [0.2, 0.25) is 0 Å². The van der Waals surface area contributed by atoms with Crippen LogP contribution in [0.3, 0.4) is 0 Å². The minimum atomic E-state index is -0.330. The molecule has 5 nitrogen and oxygen atoms in total. The van der Waals surface area contributed by atoms with Gasteiger partial charge in [0.05, 0.1) is 24.1 Å². The van der Waals surface area contributed by atoms with E-state index in [0.717, 1.165) is 5.56 Å². The predicted molar refractivity (Wildman–Crippen MR) is 119 cm³/mol. The van der Waals surface area contributed by atoms with Crippen LogP contribution >= 0.6 is 0 Å². The Hall–Kier alpha value is -3.93. The molecular formula is C25H21FN2O3. The molecule has 0 fully saturated rings. The van der Waals surface area contributed by atoms with Gasteiger partial charge in [0.25, 0.3) is 5.91 Å². The van der Waals surface area contributed by atoms with E-state index in [1.807, 2.05) is 36.4 Å². The molecule has 6 heteroatoms. The van der Waals surface area contributed by atoms with E-state index in [1.165, 1.54) is 11.1 Å². The van der Waals surface area contributed by atoms with Crippen LogP contribution < -0.4 is 14.5 Å². The largest absolute Gasteiger partial charge is 0.493 e. The van der Waals surface area contributed by atoms with E-state index in [-0.39, 0.29) is 18.3 Å². The molecule has 0 saturated heterocycles. The van der Waals surface area contributed by atoms with E-state index in [2.05, 4.69) is 5.10 Å². The van der Waals surface area contributed by atoms with Gasteiger partial charge in [0.2, 0.25) is 0 Å². The summed E-state index contributed by atoms with van der Waals surface area (Å²) in [6.07, 6.45) is 1.76. The van der Waals surface area contributed by atoms with E-state index in [4.69, 9.17) is 9.47 Å². The lowest BCUT2D eigenvalue weighted by Crippen LogP contribution is -2.21. The number of carbonyl (C=O) groups is 1. The van der Waals surface area contributed by atoms with Crippen LogP contribution in [0.4, 0.5) is 10.1 Å². The number of nitrogens with zero attached hydrogens (tertiary/aromatic N) is 2. The standard InChI is InChI=1S/C25H21FN2O3/c1-17-21(25(29)28(27-17)20-9-4-3-5-10-20)14-18-12-13-23(30-2)24(15-18)31-16-19-8-6-7-11-22(19)26/h3-15H,16H2,1-2H3/b21-14+. The second kappa shape index (κ2) is 8.83. The second-order valence-corrected chi connectivity index (χ2v) is 6.99. The molecular weight excluding hydrogens is 395 g/mol. The summed E-state index contributed by atoms with van der Waals surface area (Å²) in [4.78, 5) is 12.9. The fraction of sp³-hybridized carbons (Fsp3) is 0.120. The molecule has 1 aliphatic heterocycles. The second-order valence-electron chi connectivity index (χ2n) is 6.99. The van der Waals surface area contributed by atoms with Gasteiger partial charge in [-0.15, -0.1) is 0 Å². The van der Waals surface area contributed by atoms with E-state index >= 15 is 0 Å². The fourth-order valence-corrected chi connectivity index (χ4v) is 3.26. The van der Waals surface area contributed by atoms with Gasteiger partial charge in [0, 0.05) is 5.56 Å². The fourth-order valence-electron chi connectivity index (χ4n) is 3.26. The van der Waals surface area contributed by atoms with Crippen LogP contribution in [0.1, 0.15) is 18.1 Å². The molecule has 0 saturated carbocycles. The van der Waals surface area contributed by atoms with Gasteiger partial charge in [0.1, 0.15) is 12.4 Å². The quantitative estimate of drug-likeness (QED) is 0.518. The van der Waals surface area contributed by atoms with E-state index in [1.54, 1.807) is 50.4 Å². The first kappa shape index (κ1) is 20.3. The first-order chi connectivity index (χ1) is 15.1. The first-order valence-corrected chi connectivity index (χ1v) is 9.78. The zero-order valence-corrected chi connectivity index (χ0v) is 17.2. The highest BCUT2D eigenvalue weighted by molar-refractivity contribution is 6.32. The van der Waals surface area contributed by atoms with E-state index in [0.29, 0.717) is 34.0 Å². The number of amides is 1. The number of hydrogen-bond donors (Lipinski definition) is 0. The van der Waals surface area contributed by atoms with Crippen molar-refractivity contribution >= 4 is 23.4 Å². The number of halogens is 1. The molecule has 1 heterocycles. The first-order valence-electron chi connectivity index (χ1n) is 9.78. The van der Waals surface area contributed by atoms with Crippen molar-refractivity contribution in [2.45, 2.75) is 13.5 Å². The SMILES string of the molecule is COc1ccc(/C=C2/C(=O)N(c3ccccc3)N=C2C)cc1OCc1ccccc1F. The van der Waals surface area contributed by atoms with Gasteiger partial charge in [-0.1, -0.05) is 42.5 Å². The summed E-state index contributed by atoms with van der Waals surface area (Å²) in [5.74, 6) is 0.449. The number of anilines is 1. The van der Waals surface area contributed by atoms with Crippen LogP contribution in [0.5, 0.6) is 11.5 Å². The van der Waals surface area contributed by atoms with Crippen molar-refractivity contribution < 1.29 is 18.7 Å². The Bertz CT molecular complexity index is 1170.